The number of benzene rings is 1. The minimum Gasteiger partial charge on any atom is -0.327 e. The number of rotatable bonds is 2. The molecular formula is C17H23F3N2. The molecule has 3 atom stereocenters. The highest BCUT2D eigenvalue weighted by molar-refractivity contribution is 5.32. The molecule has 1 aliphatic heterocycles. The molecule has 2 aliphatic rings. The minimum absolute atomic E-state index is 0.289. The second-order valence-corrected chi connectivity index (χ2v) is 6.85. The van der Waals surface area contributed by atoms with Gasteiger partial charge < -0.3 is 5.73 Å². The number of halogens is 3. The van der Waals surface area contributed by atoms with Crippen molar-refractivity contribution in [2.75, 3.05) is 13.1 Å². The zero-order valence-corrected chi connectivity index (χ0v) is 12.9. The second kappa shape index (κ2) is 5.85. The normalized spacial score (nSPS) is 29.6. The Labute approximate surface area is 129 Å². The van der Waals surface area contributed by atoms with E-state index in [4.69, 9.17) is 5.73 Å². The van der Waals surface area contributed by atoms with Crippen LogP contribution < -0.4 is 5.73 Å². The van der Waals surface area contributed by atoms with Gasteiger partial charge >= 0.3 is 6.18 Å². The fourth-order valence-electron chi connectivity index (χ4n) is 4.03. The Morgan fingerprint density at radius 3 is 2.64 bits per heavy atom. The highest BCUT2D eigenvalue weighted by Crippen LogP contribution is 2.36. The molecular weight excluding hydrogens is 289 g/mol. The van der Waals surface area contributed by atoms with Crippen LogP contribution >= 0.6 is 0 Å². The van der Waals surface area contributed by atoms with Crippen LogP contribution in [0.3, 0.4) is 0 Å². The van der Waals surface area contributed by atoms with E-state index in [0.29, 0.717) is 17.4 Å². The van der Waals surface area contributed by atoms with Gasteiger partial charge in [-0.05, 0) is 54.9 Å². The third kappa shape index (κ3) is 3.15. The summed E-state index contributed by atoms with van der Waals surface area (Å²) in [5.74, 6) is 1.22. The summed E-state index contributed by atoms with van der Waals surface area (Å²) in [6.07, 6.45) is -0.719. The van der Waals surface area contributed by atoms with Gasteiger partial charge in [-0.1, -0.05) is 12.5 Å². The van der Waals surface area contributed by atoms with Gasteiger partial charge in [0.1, 0.15) is 0 Å². The molecule has 2 N–H and O–H groups in total. The van der Waals surface area contributed by atoms with Gasteiger partial charge in [-0.25, -0.2) is 0 Å². The Kier molecular flexibility index (Phi) is 4.21. The van der Waals surface area contributed by atoms with Crippen LogP contribution in [0.5, 0.6) is 0 Å². The number of hydrogen-bond acceptors (Lipinski definition) is 2. The predicted octanol–water partition coefficient (Wildman–Crippen LogP) is 3.57. The van der Waals surface area contributed by atoms with Crippen molar-refractivity contribution in [2.24, 2.45) is 17.6 Å². The average Bonchev–Trinajstić information content (AvgIpc) is 2.84. The fourth-order valence-corrected chi connectivity index (χ4v) is 4.03. The zero-order valence-electron chi connectivity index (χ0n) is 12.9. The van der Waals surface area contributed by atoms with E-state index in [1.807, 2.05) is 0 Å². The van der Waals surface area contributed by atoms with Crippen molar-refractivity contribution in [3.05, 3.63) is 34.9 Å². The monoisotopic (exact) mass is 312 g/mol. The molecule has 1 saturated carbocycles. The number of alkyl halides is 3. The van der Waals surface area contributed by atoms with Crippen molar-refractivity contribution in [3.8, 4) is 0 Å². The molecule has 0 amide bonds. The molecule has 2 fully saturated rings. The average molecular weight is 312 g/mol. The molecule has 3 unspecified atom stereocenters. The summed E-state index contributed by atoms with van der Waals surface area (Å²) in [6, 6.07) is 4.36. The van der Waals surface area contributed by atoms with Crippen LogP contribution in [0.2, 0.25) is 0 Å². The highest BCUT2D eigenvalue weighted by Gasteiger charge is 2.38. The zero-order chi connectivity index (χ0) is 15.9. The van der Waals surface area contributed by atoms with E-state index < -0.39 is 11.7 Å². The van der Waals surface area contributed by atoms with Crippen LogP contribution in [0, 0.1) is 18.8 Å². The van der Waals surface area contributed by atoms with E-state index in [9.17, 15) is 13.2 Å². The lowest BCUT2D eigenvalue weighted by atomic mass is 9.78. The largest absolute Gasteiger partial charge is 0.416 e. The van der Waals surface area contributed by atoms with Crippen LogP contribution in [0.4, 0.5) is 13.2 Å². The standard InChI is InChI=1S/C17H23F3N2/c1-11-7-14(17(18,19)20)6-5-12(11)8-22-9-13-3-2-4-16(21)15(13)10-22/h5-7,13,15-16H,2-4,8-10,21H2,1H3. The van der Waals surface area contributed by atoms with Crippen LogP contribution in [0.25, 0.3) is 0 Å². The van der Waals surface area contributed by atoms with Crippen LogP contribution in [0.15, 0.2) is 18.2 Å². The van der Waals surface area contributed by atoms with Gasteiger partial charge in [-0.3, -0.25) is 4.90 Å². The first kappa shape index (κ1) is 15.8. The molecule has 2 nitrogen and oxygen atoms in total. The number of nitrogens with zero attached hydrogens (tertiary/aromatic N) is 1. The Morgan fingerprint density at radius 1 is 1.23 bits per heavy atom. The maximum Gasteiger partial charge on any atom is 0.416 e. The lowest BCUT2D eigenvalue weighted by molar-refractivity contribution is -0.137. The number of likely N-dealkylation sites (tertiary alicyclic amines) is 1. The van der Waals surface area contributed by atoms with Crippen LogP contribution in [-0.4, -0.2) is 24.0 Å². The summed E-state index contributed by atoms with van der Waals surface area (Å²) in [4.78, 5) is 2.36. The van der Waals surface area contributed by atoms with Gasteiger partial charge in [0, 0.05) is 25.7 Å². The van der Waals surface area contributed by atoms with E-state index in [-0.39, 0.29) is 6.04 Å². The summed E-state index contributed by atoms with van der Waals surface area (Å²) in [5, 5.41) is 0. The number of aryl methyl sites for hydroxylation is 1. The smallest absolute Gasteiger partial charge is 0.327 e. The third-order valence-electron chi connectivity index (χ3n) is 5.29. The maximum atomic E-state index is 12.7. The molecule has 3 rings (SSSR count). The van der Waals surface area contributed by atoms with Gasteiger partial charge in [0.05, 0.1) is 5.56 Å². The molecule has 1 aliphatic carbocycles. The van der Waals surface area contributed by atoms with Crippen molar-refractivity contribution in [2.45, 2.75) is 44.9 Å². The first-order valence-corrected chi connectivity index (χ1v) is 7.99. The molecule has 1 saturated heterocycles. The number of nitrogens with two attached hydrogens (primary N) is 1. The lowest BCUT2D eigenvalue weighted by Gasteiger charge is -2.29. The molecule has 0 radical (unpaired) electrons. The molecule has 5 heteroatoms. The van der Waals surface area contributed by atoms with Gasteiger partial charge in [0.2, 0.25) is 0 Å². The maximum absolute atomic E-state index is 12.7. The Balaban J connectivity index is 1.69. The molecule has 1 aromatic carbocycles. The van der Waals surface area contributed by atoms with E-state index in [0.717, 1.165) is 31.6 Å². The topological polar surface area (TPSA) is 29.3 Å². The summed E-state index contributed by atoms with van der Waals surface area (Å²) in [5.41, 5.74) is 7.36. The van der Waals surface area contributed by atoms with E-state index in [1.165, 1.54) is 25.0 Å². The van der Waals surface area contributed by atoms with Gasteiger partial charge in [0.15, 0.2) is 0 Å². The second-order valence-electron chi connectivity index (χ2n) is 6.85. The Hall–Kier alpha value is -1.07. The third-order valence-corrected chi connectivity index (χ3v) is 5.29. The van der Waals surface area contributed by atoms with Gasteiger partial charge in [-0.15, -0.1) is 0 Å². The molecule has 1 aromatic rings. The van der Waals surface area contributed by atoms with Gasteiger partial charge in [0.25, 0.3) is 0 Å². The molecule has 22 heavy (non-hydrogen) atoms. The molecule has 0 bridgehead atoms. The van der Waals surface area contributed by atoms with Crippen molar-refractivity contribution in [1.82, 2.24) is 4.90 Å². The van der Waals surface area contributed by atoms with Crippen LogP contribution in [-0.2, 0) is 12.7 Å². The summed E-state index contributed by atoms with van der Waals surface area (Å²) in [7, 11) is 0. The number of fused-ring (bicyclic) bond motifs is 1. The van der Waals surface area contributed by atoms with Crippen molar-refractivity contribution >= 4 is 0 Å². The highest BCUT2D eigenvalue weighted by atomic mass is 19.4. The first-order chi connectivity index (χ1) is 10.3. The lowest BCUT2D eigenvalue weighted by Crippen LogP contribution is -2.38. The summed E-state index contributed by atoms with van der Waals surface area (Å²) >= 11 is 0. The van der Waals surface area contributed by atoms with Crippen LogP contribution in [0.1, 0.15) is 36.0 Å². The van der Waals surface area contributed by atoms with Crippen molar-refractivity contribution < 1.29 is 13.2 Å². The predicted molar refractivity (Wildman–Crippen MR) is 80.3 cm³/mol. The van der Waals surface area contributed by atoms with Gasteiger partial charge in [-0.2, -0.15) is 13.2 Å². The quantitative estimate of drug-likeness (QED) is 0.904. The summed E-state index contributed by atoms with van der Waals surface area (Å²) in [6.45, 7) is 4.49. The van der Waals surface area contributed by atoms with Crippen molar-refractivity contribution in [1.29, 1.82) is 0 Å². The fraction of sp³-hybridized carbons (Fsp3) is 0.647. The first-order valence-electron chi connectivity index (χ1n) is 7.99. The molecule has 122 valence electrons. The summed E-state index contributed by atoms with van der Waals surface area (Å²) < 4.78 is 38.2. The molecule has 1 heterocycles. The minimum atomic E-state index is -4.27. The molecule has 0 spiro atoms. The Bertz CT molecular complexity index is 541. The SMILES string of the molecule is Cc1cc(C(F)(F)F)ccc1CN1CC2CCCC(N)C2C1. The van der Waals surface area contributed by atoms with E-state index in [2.05, 4.69) is 4.90 Å². The van der Waals surface area contributed by atoms with E-state index >= 15 is 0 Å². The number of hydrogen-bond donors (Lipinski definition) is 1. The molecule has 0 aromatic heterocycles. The van der Waals surface area contributed by atoms with E-state index in [1.54, 1.807) is 13.0 Å². The van der Waals surface area contributed by atoms with Crippen molar-refractivity contribution in [3.63, 3.8) is 0 Å². The Morgan fingerprint density at radius 2 is 2.00 bits per heavy atom.